The molecule has 0 aliphatic carbocycles. The first-order valence-corrected chi connectivity index (χ1v) is 12.8. The van der Waals surface area contributed by atoms with E-state index in [1.807, 2.05) is 37.4 Å². The number of benzene rings is 2. The first-order valence-electron chi connectivity index (χ1n) is 11.2. The maximum Gasteiger partial charge on any atom is 0.238 e. The molecule has 4 aromatic rings. The molecule has 0 spiro atoms. The van der Waals surface area contributed by atoms with Crippen molar-refractivity contribution in [1.29, 1.82) is 0 Å². The summed E-state index contributed by atoms with van der Waals surface area (Å²) >= 11 is 0. The summed E-state index contributed by atoms with van der Waals surface area (Å²) in [5.74, 6) is 0.696. The molecule has 3 heterocycles. The highest BCUT2D eigenvalue weighted by Gasteiger charge is 2.26. The molecule has 1 aliphatic heterocycles. The van der Waals surface area contributed by atoms with E-state index in [1.54, 1.807) is 16.8 Å². The molecular formula is C24H27N7O2S. The Balaban J connectivity index is 1.70. The third-order valence-electron chi connectivity index (χ3n) is 6.26. The number of hydrogen-bond acceptors (Lipinski definition) is 7. The van der Waals surface area contributed by atoms with Crippen molar-refractivity contribution >= 4 is 21.1 Å². The van der Waals surface area contributed by atoms with Crippen molar-refractivity contribution in [2.24, 2.45) is 17.9 Å². The van der Waals surface area contributed by atoms with Crippen molar-refractivity contribution in [3.63, 3.8) is 0 Å². The largest absolute Gasteiger partial charge is 0.319 e. The lowest BCUT2D eigenvalue weighted by molar-refractivity contribution is 0.397. The van der Waals surface area contributed by atoms with Crippen LogP contribution in [-0.2, 0) is 17.1 Å². The molecule has 0 amide bonds. The first-order chi connectivity index (χ1) is 16.3. The second-order valence-corrected chi connectivity index (χ2v) is 10.2. The van der Waals surface area contributed by atoms with Crippen molar-refractivity contribution in [2.75, 3.05) is 6.54 Å². The van der Waals surface area contributed by atoms with Crippen LogP contribution < -0.4 is 16.2 Å². The second kappa shape index (κ2) is 8.88. The minimum atomic E-state index is -3.79. The fraction of sp³-hybridized carbons (Fsp3) is 0.292. The monoisotopic (exact) mass is 477 g/mol. The molecule has 1 aliphatic rings. The maximum atomic E-state index is 11.7. The Morgan fingerprint density at radius 1 is 1.06 bits per heavy atom. The van der Waals surface area contributed by atoms with E-state index in [1.165, 1.54) is 12.1 Å². The standard InChI is InChI=1S/C24H27N7O2S/c1-31-24-19(21(30-31)16-7-3-2-4-8-16)22(28-23(29-24)18-9-5-6-14-27-18)20(25)15-10-12-17(13-11-15)34(26,32)33/h2-4,7-8,10-13,18,20,27H,5-6,9,14,25H2,1H3,(H2,26,32,33). The van der Waals surface area contributed by atoms with Gasteiger partial charge < -0.3 is 11.1 Å². The molecule has 2 aromatic carbocycles. The fourth-order valence-electron chi connectivity index (χ4n) is 4.47. The first kappa shape index (κ1) is 22.6. The zero-order valence-electron chi connectivity index (χ0n) is 18.8. The number of aryl methyl sites for hydroxylation is 1. The smallest absolute Gasteiger partial charge is 0.238 e. The average molecular weight is 478 g/mol. The third kappa shape index (κ3) is 4.21. The molecule has 1 fully saturated rings. The SMILES string of the molecule is Cn1nc(-c2ccccc2)c2c(C(N)c3ccc(S(N)(=O)=O)cc3)nc(C3CCCCN3)nc21. The van der Waals surface area contributed by atoms with E-state index >= 15 is 0 Å². The van der Waals surface area contributed by atoms with Gasteiger partial charge in [-0.1, -0.05) is 48.9 Å². The van der Waals surface area contributed by atoms with Crippen LogP contribution in [0, 0.1) is 0 Å². The lowest BCUT2D eigenvalue weighted by atomic mass is 9.98. The van der Waals surface area contributed by atoms with Gasteiger partial charge in [0.1, 0.15) is 11.5 Å². The average Bonchev–Trinajstić information content (AvgIpc) is 3.20. The van der Waals surface area contributed by atoms with Crippen LogP contribution in [0.4, 0.5) is 0 Å². The zero-order chi connectivity index (χ0) is 23.9. The van der Waals surface area contributed by atoms with Gasteiger partial charge in [0.05, 0.1) is 28.1 Å². The van der Waals surface area contributed by atoms with Crippen molar-refractivity contribution in [2.45, 2.75) is 36.2 Å². The highest BCUT2D eigenvalue weighted by molar-refractivity contribution is 7.89. The molecule has 1 saturated heterocycles. The number of nitrogens with one attached hydrogen (secondary N) is 1. The number of primary sulfonamides is 1. The Hall–Kier alpha value is -3.18. The van der Waals surface area contributed by atoms with Crippen LogP contribution >= 0.6 is 0 Å². The molecule has 2 atom stereocenters. The maximum absolute atomic E-state index is 11.7. The third-order valence-corrected chi connectivity index (χ3v) is 7.19. The molecule has 9 nitrogen and oxygen atoms in total. The molecule has 5 N–H and O–H groups in total. The quantitative estimate of drug-likeness (QED) is 0.401. The molecular weight excluding hydrogens is 450 g/mol. The lowest BCUT2D eigenvalue weighted by Crippen LogP contribution is -2.29. The van der Waals surface area contributed by atoms with Gasteiger partial charge in [0.15, 0.2) is 5.65 Å². The van der Waals surface area contributed by atoms with E-state index < -0.39 is 16.1 Å². The topological polar surface area (TPSA) is 142 Å². The van der Waals surface area contributed by atoms with Crippen LogP contribution in [0.1, 0.15) is 48.4 Å². The van der Waals surface area contributed by atoms with E-state index in [0.717, 1.165) is 48.0 Å². The Morgan fingerprint density at radius 2 is 1.79 bits per heavy atom. The van der Waals surface area contributed by atoms with Crippen LogP contribution in [0.5, 0.6) is 0 Å². The van der Waals surface area contributed by atoms with Gasteiger partial charge in [-0.3, -0.25) is 0 Å². The predicted molar refractivity (Wildman–Crippen MR) is 130 cm³/mol. The van der Waals surface area contributed by atoms with Crippen LogP contribution in [0.15, 0.2) is 59.5 Å². The zero-order valence-corrected chi connectivity index (χ0v) is 19.7. The molecule has 2 aromatic heterocycles. The lowest BCUT2D eigenvalue weighted by Gasteiger charge is -2.23. The van der Waals surface area contributed by atoms with Gasteiger partial charge in [-0.15, -0.1) is 0 Å². The minimum Gasteiger partial charge on any atom is -0.319 e. The van der Waals surface area contributed by atoms with Crippen molar-refractivity contribution in [3.05, 3.63) is 71.7 Å². The number of piperidine rings is 1. The van der Waals surface area contributed by atoms with Crippen LogP contribution in [-0.4, -0.2) is 34.7 Å². The molecule has 0 radical (unpaired) electrons. The van der Waals surface area contributed by atoms with Gasteiger partial charge in [0, 0.05) is 12.6 Å². The highest BCUT2D eigenvalue weighted by atomic mass is 32.2. The molecule has 176 valence electrons. The Labute approximate surface area is 198 Å². The molecule has 2 unspecified atom stereocenters. The van der Waals surface area contributed by atoms with Gasteiger partial charge in [-0.2, -0.15) is 5.10 Å². The summed E-state index contributed by atoms with van der Waals surface area (Å²) in [5, 5.41) is 14.3. The highest BCUT2D eigenvalue weighted by Crippen LogP contribution is 2.34. The van der Waals surface area contributed by atoms with E-state index in [9.17, 15) is 8.42 Å². The summed E-state index contributed by atoms with van der Waals surface area (Å²) in [7, 11) is -1.92. The normalized spacial score (nSPS) is 17.7. The number of hydrogen-bond donors (Lipinski definition) is 3. The van der Waals surface area contributed by atoms with Gasteiger partial charge in [-0.05, 0) is 37.1 Å². The molecule has 34 heavy (non-hydrogen) atoms. The Kier molecular flexibility index (Phi) is 5.90. The van der Waals surface area contributed by atoms with Crippen molar-refractivity contribution in [1.82, 2.24) is 25.1 Å². The van der Waals surface area contributed by atoms with Crippen LogP contribution in [0.3, 0.4) is 0 Å². The van der Waals surface area contributed by atoms with Crippen LogP contribution in [0.25, 0.3) is 22.3 Å². The molecule has 0 bridgehead atoms. The number of nitrogens with two attached hydrogens (primary N) is 2. The minimum absolute atomic E-state index is 0.0368. The van der Waals surface area contributed by atoms with E-state index in [4.69, 9.17) is 25.9 Å². The summed E-state index contributed by atoms with van der Waals surface area (Å²) < 4.78 is 25.2. The summed E-state index contributed by atoms with van der Waals surface area (Å²) in [4.78, 5) is 9.92. The van der Waals surface area contributed by atoms with Crippen molar-refractivity contribution < 1.29 is 8.42 Å². The second-order valence-electron chi connectivity index (χ2n) is 8.60. The summed E-state index contributed by atoms with van der Waals surface area (Å²) in [6, 6.07) is 15.6. The predicted octanol–water partition coefficient (Wildman–Crippen LogP) is 2.54. The fourth-order valence-corrected chi connectivity index (χ4v) is 4.98. The summed E-state index contributed by atoms with van der Waals surface area (Å²) in [5.41, 5.74) is 10.6. The van der Waals surface area contributed by atoms with Gasteiger partial charge in [0.25, 0.3) is 0 Å². The van der Waals surface area contributed by atoms with E-state index in [2.05, 4.69) is 5.32 Å². The summed E-state index contributed by atoms with van der Waals surface area (Å²) in [6.45, 7) is 0.920. The van der Waals surface area contributed by atoms with Gasteiger partial charge in [-0.25, -0.2) is 28.2 Å². The van der Waals surface area contributed by atoms with E-state index in [0.29, 0.717) is 17.2 Å². The number of fused-ring (bicyclic) bond motifs is 1. The van der Waals surface area contributed by atoms with Crippen molar-refractivity contribution in [3.8, 4) is 11.3 Å². The van der Waals surface area contributed by atoms with Gasteiger partial charge >= 0.3 is 0 Å². The molecule has 10 heteroatoms. The number of aromatic nitrogens is 4. The molecule has 0 saturated carbocycles. The van der Waals surface area contributed by atoms with E-state index in [-0.39, 0.29) is 10.9 Å². The van der Waals surface area contributed by atoms with Crippen LogP contribution in [0.2, 0.25) is 0 Å². The summed E-state index contributed by atoms with van der Waals surface area (Å²) in [6.07, 6.45) is 3.19. The Morgan fingerprint density at radius 3 is 2.44 bits per heavy atom. The Bertz CT molecular complexity index is 1430. The molecule has 5 rings (SSSR count). The number of nitrogens with zero attached hydrogens (tertiary/aromatic N) is 4. The van der Waals surface area contributed by atoms with Gasteiger partial charge in [0.2, 0.25) is 10.0 Å². The number of sulfonamides is 1. The number of rotatable bonds is 5.